The van der Waals surface area contributed by atoms with Gasteiger partial charge in [0.15, 0.2) is 5.65 Å². The molecule has 3 heterocycles. The SMILES string of the molecule is Cc1ncc(C(C)Nc2cnc3c(c2)c(C)nn3C)s1. The first-order chi connectivity index (χ1) is 9.54. The van der Waals surface area contributed by atoms with E-state index in [0.29, 0.717) is 0 Å². The zero-order valence-electron chi connectivity index (χ0n) is 12.0. The average Bonchev–Trinajstić information content (AvgIpc) is 2.95. The summed E-state index contributed by atoms with van der Waals surface area (Å²) in [7, 11) is 1.91. The van der Waals surface area contributed by atoms with E-state index >= 15 is 0 Å². The fraction of sp³-hybridized carbons (Fsp3) is 0.357. The monoisotopic (exact) mass is 287 g/mol. The molecule has 0 aromatic carbocycles. The number of anilines is 1. The summed E-state index contributed by atoms with van der Waals surface area (Å²) in [6.07, 6.45) is 3.78. The van der Waals surface area contributed by atoms with Crippen molar-refractivity contribution in [1.82, 2.24) is 19.7 Å². The standard InChI is InChI=1S/C14H17N5S/c1-8-12-5-11(6-16-14(12)19(4)18-8)17-9(2)13-7-15-10(3)20-13/h5-7,9,17H,1-4H3. The summed E-state index contributed by atoms with van der Waals surface area (Å²) in [5.74, 6) is 0. The molecule has 6 heteroatoms. The lowest BCUT2D eigenvalue weighted by atomic mass is 10.2. The second-order valence-electron chi connectivity index (χ2n) is 4.95. The quantitative estimate of drug-likeness (QED) is 0.803. The molecule has 0 saturated carbocycles. The van der Waals surface area contributed by atoms with Crippen LogP contribution in [0.15, 0.2) is 18.5 Å². The lowest BCUT2D eigenvalue weighted by Gasteiger charge is -2.13. The number of pyridine rings is 1. The normalized spacial score (nSPS) is 12.8. The highest BCUT2D eigenvalue weighted by Crippen LogP contribution is 2.26. The Kier molecular flexibility index (Phi) is 3.17. The number of aryl methyl sites for hydroxylation is 3. The van der Waals surface area contributed by atoms with Crippen molar-refractivity contribution in [3.63, 3.8) is 0 Å². The number of aromatic nitrogens is 4. The van der Waals surface area contributed by atoms with Crippen molar-refractivity contribution >= 4 is 28.1 Å². The van der Waals surface area contributed by atoms with Crippen LogP contribution in [0.5, 0.6) is 0 Å². The molecule has 1 unspecified atom stereocenters. The van der Waals surface area contributed by atoms with Crippen LogP contribution in [0.1, 0.15) is 28.5 Å². The third kappa shape index (κ3) is 2.27. The van der Waals surface area contributed by atoms with Crippen LogP contribution in [0.2, 0.25) is 0 Å². The van der Waals surface area contributed by atoms with E-state index < -0.39 is 0 Å². The molecule has 0 aliphatic heterocycles. The topological polar surface area (TPSA) is 55.6 Å². The molecule has 0 bridgehead atoms. The van der Waals surface area contributed by atoms with E-state index in [1.54, 1.807) is 11.3 Å². The molecule has 0 amide bonds. The number of fused-ring (bicyclic) bond motifs is 1. The molecule has 3 aromatic heterocycles. The van der Waals surface area contributed by atoms with Crippen LogP contribution in [-0.2, 0) is 7.05 Å². The van der Waals surface area contributed by atoms with E-state index in [1.165, 1.54) is 4.88 Å². The van der Waals surface area contributed by atoms with E-state index in [-0.39, 0.29) is 6.04 Å². The van der Waals surface area contributed by atoms with E-state index in [0.717, 1.165) is 27.4 Å². The first-order valence-corrected chi connectivity index (χ1v) is 7.34. The molecule has 3 rings (SSSR count). The Bertz CT molecular complexity index is 758. The van der Waals surface area contributed by atoms with Crippen LogP contribution in [0.4, 0.5) is 5.69 Å². The number of nitrogens with zero attached hydrogens (tertiary/aromatic N) is 4. The molecular weight excluding hydrogens is 270 g/mol. The second-order valence-corrected chi connectivity index (χ2v) is 6.22. The molecule has 1 atom stereocenters. The van der Waals surface area contributed by atoms with Gasteiger partial charge in [0.1, 0.15) is 0 Å². The van der Waals surface area contributed by atoms with Gasteiger partial charge in [-0.25, -0.2) is 9.97 Å². The third-order valence-electron chi connectivity index (χ3n) is 3.31. The number of nitrogens with one attached hydrogen (secondary N) is 1. The maximum Gasteiger partial charge on any atom is 0.157 e. The van der Waals surface area contributed by atoms with Gasteiger partial charge in [0.05, 0.1) is 28.6 Å². The lowest BCUT2D eigenvalue weighted by molar-refractivity contribution is 0.774. The summed E-state index contributed by atoms with van der Waals surface area (Å²) in [5, 5.41) is 10.0. The summed E-state index contributed by atoms with van der Waals surface area (Å²) >= 11 is 1.72. The summed E-state index contributed by atoms with van der Waals surface area (Å²) in [6, 6.07) is 2.33. The molecule has 3 aromatic rings. The fourth-order valence-electron chi connectivity index (χ4n) is 2.29. The van der Waals surface area contributed by atoms with Gasteiger partial charge in [0.2, 0.25) is 0 Å². The zero-order valence-corrected chi connectivity index (χ0v) is 12.8. The molecule has 0 aliphatic carbocycles. The molecule has 0 saturated heterocycles. The van der Waals surface area contributed by atoms with Crippen molar-refractivity contribution in [3.8, 4) is 0 Å². The summed E-state index contributed by atoms with van der Waals surface area (Å²) in [4.78, 5) is 10.0. The minimum absolute atomic E-state index is 0.220. The number of hydrogen-bond acceptors (Lipinski definition) is 5. The smallest absolute Gasteiger partial charge is 0.157 e. The highest BCUT2D eigenvalue weighted by molar-refractivity contribution is 7.11. The van der Waals surface area contributed by atoms with Crippen LogP contribution >= 0.6 is 11.3 Å². The molecular formula is C14H17N5S. The number of rotatable bonds is 3. The predicted octanol–water partition coefficient (Wildman–Crippen LogP) is 3.21. The molecule has 0 fully saturated rings. The Balaban J connectivity index is 1.89. The van der Waals surface area contributed by atoms with Crippen LogP contribution in [0, 0.1) is 13.8 Å². The van der Waals surface area contributed by atoms with Crippen molar-refractivity contribution in [2.75, 3.05) is 5.32 Å². The minimum atomic E-state index is 0.220. The van der Waals surface area contributed by atoms with Crippen LogP contribution in [-0.4, -0.2) is 19.7 Å². The van der Waals surface area contributed by atoms with Crippen LogP contribution in [0.25, 0.3) is 11.0 Å². The summed E-state index contributed by atoms with van der Waals surface area (Å²) < 4.78 is 1.81. The summed E-state index contributed by atoms with van der Waals surface area (Å²) in [5.41, 5.74) is 2.92. The highest BCUT2D eigenvalue weighted by atomic mass is 32.1. The Hall–Kier alpha value is -1.95. The van der Waals surface area contributed by atoms with Crippen LogP contribution < -0.4 is 5.32 Å². The molecule has 1 N–H and O–H groups in total. The molecule has 104 valence electrons. The van der Waals surface area contributed by atoms with Gasteiger partial charge in [-0.3, -0.25) is 4.68 Å². The predicted molar refractivity (Wildman–Crippen MR) is 82.1 cm³/mol. The zero-order chi connectivity index (χ0) is 14.3. The Morgan fingerprint density at radius 1 is 1.25 bits per heavy atom. The number of hydrogen-bond donors (Lipinski definition) is 1. The minimum Gasteiger partial charge on any atom is -0.376 e. The van der Waals surface area contributed by atoms with Gasteiger partial charge in [0, 0.05) is 23.5 Å². The third-order valence-corrected chi connectivity index (χ3v) is 4.41. The van der Waals surface area contributed by atoms with Gasteiger partial charge in [-0.15, -0.1) is 11.3 Å². The maximum atomic E-state index is 4.48. The van der Waals surface area contributed by atoms with Gasteiger partial charge in [0.25, 0.3) is 0 Å². The highest BCUT2D eigenvalue weighted by Gasteiger charge is 2.11. The van der Waals surface area contributed by atoms with Gasteiger partial charge in [-0.1, -0.05) is 0 Å². The number of thiazole rings is 1. The van der Waals surface area contributed by atoms with Crippen molar-refractivity contribution in [1.29, 1.82) is 0 Å². The second kappa shape index (κ2) is 4.86. The first-order valence-electron chi connectivity index (χ1n) is 6.53. The largest absolute Gasteiger partial charge is 0.376 e. The van der Waals surface area contributed by atoms with Gasteiger partial charge in [-0.05, 0) is 26.8 Å². The van der Waals surface area contributed by atoms with Gasteiger partial charge < -0.3 is 5.32 Å². The van der Waals surface area contributed by atoms with Crippen molar-refractivity contribution in [2.24, 2.45) is 7.05 Å². The fourth-order valence-corrected chi connectivity index (χ4v) is 3.07. The van der Waals surface area contributed by atoms with E-state index in [4.69, 9.17) is 0 Å². The molecule has 5 nitrogen and oxygen atoms in total. The summed E-state index contributed by atoms with van der Waals surface area (Å²) in [6.45, 7) is 6.16. The van der Waals surface area contributed by atoms with Crippen molar-refractivity contribution < 1.29 is 0 Å². The van der Waals surface area contributed by atoms with E-state index in [2.05, 4.69) is 33.4 Å². The van der Waals surface area contributed by atoms with Crippen LogP contribution in [0.3, 0.4) is 0 Å². The van der Waals surface area contributed by atoms with Crippen molar-refractivity contribution in [2.45, 2.75) is 26.8 Å². The average molecular weight is 287 g/mol. The first kappa shape index (κ1) is 13.1. The van der Waals surface area contributed by atoms with Crippen molar-refractivity contribution in [3.05, 3.63) is 34.0 Å². The van der Waals surface area contributed by atoms with E-state index in [1.807, 2.05) is 38.0 Å². The Labute approximate surface area is 121 Å². The molecule has 0 spiro atoms. The van der Waals surface area contributed by atoms with E-state index in [9.17, 15) is 0 Å². The molecule has 0 aliphatic rings. The molecule has 0 radical (unpaired) electrons. The maximum absolute atomic E-state index is 4.48. The Morgan fingerprint density at radius 2 is 2.05 bits per heavy atom. The van der Waals surface area contributed by atoms with Gasteiger partial charge >= 0.3 is 0 Å². The van der Waals surface area contributed by atoms with Gasteiger partial charge in [-0.2, -0.15) is 5.10 Å². The molecule has 20 heavy (non-hydrogen) atoms. The lowest BCUT2D eigenvalue weighted by Crippen LogP contribution is -2.05. The Morgan fingerprint density at radius 3 is 2.75 bits per heavy atom.